The molecule has 4 nitrogen and oxygen atoms in total. The highest BCUT2D eigenvalue weighted by Crippen LogP contribution is 2.44. The molecule has 1 aliphatic rings. The number of nitrogens with zero attached hydrogens (tertiary/aromatic N) is 2. The molecule has 1 heterocycles. The Bertz CT molecular complexity index is 904. The number of hydrogen-bond donors (Lipinski definition) is 1. The molecule has 0 aliphatic carbocycles. The van der Waals surface area contributed by atoms with Crippen LogP contribution in [0.3, 0.4) is 0 Å². The molecule has 3 rings (SSSR count). The van der Waals surface area contributed by atoms with Crippen molar-refractivity contribution in [3.8, 4) is 0 Å². The molecular weight excluding hydrogens is 414 g/mol. The van der Waals surface area contributed by atoms with Gasteiger partial charge in [-0.3, -0.25) is 4.79 Å². The smallest absolute Gasteiger partial charge is 0.272 e. The molecule has 0 fully saturated rings. The van der Waals surface area contributed by atoms with Crippen molar-refractivity contribution in [2.75, 3.05) is 4.90 Å². The zero-order valence-electron chi connectivity index (χ0n) is 17.2. The number of carbonyl (C=O) groups is 1. The molecule has 1 atom stereocenters. The van der Waals surface area contributed by atoms with E-state index in [1.54, 1.807) is 12.3 Å². The molecule has 0 saturated carbocycles. The summed E-state index contributed by atoms with van der Waals surface area (Å²) in [5.41, 5.74) is 6.93. The summed E-state index contributed by atoms with van der Waals surface area (Å²) in [4.78, 5) is 14.8. The molecule has 0 spiro atoms. The van der Waals surface area contributed by atoms with Crippen LogP contribution in [0.2, 0.25) is 0 Å². The first-order chi connectivity index (χ1) is 13.2. The summed E-state index contributed by atoms with van der Waals surface area (Å²) in [6.07, 6.45) is 2.82. The third kappa shape index (κ3) is 4.14. The van der Waals surface area contributed by atoms with Crippen LogP contribution in [0.1, 0.15) is 68.4 Å². The number of amides is 1. The SMILES string of the molecule is CC(C)N1c2ccc(/C=N\NC(=O)c3ccccc3Br)cc2[C@@H](C)CC1(C)C. The Hall–Kier alpha value is -2.14. The van der Waals surface area contributed by atoms with Gasteiger partial charge in [-0.05, 0) is 91.4 Å². The highest BCUT2D eigenvalue weighted by atomic mass is 79.9. The number of anilines is 1. The molecule has 148 valence electrons. The van der Waals surface area contributed by atoms with Gasteiger partial charge >= 0.3 is 0 Å². The fourth-order valence-corrected chi connectivity index (χ4v) is 4.86. The molecule has 0 unspecified atom stereocenters. The van der Waals surface area contributed by atoms with Gasteiger partial charge in [-0.25, -0.2) is 5.43 Å². The fourth-order valence-electron chi connectivity index (χ4n) is 4.40. The Morgan fingerprint density at radius 1 is 1.29 bits per heavy atom. The molecule has 0 saturated heterocycles. The van der Waals surface area contributed by atoms with E-state index in [1.807, 2.05) is 18.2 Å². The van der Waals surface area contributed by atoms with Crippen LogP contribution in [-0.4, -0.2) is 23.7 Å². The summed E-state index contributed by atoms with van der Waals surface area (Å²) < 4.78 is 0.752. The second-order valence-corrected chi connectivity index (χ2v) is 9.23. The molecule has 2 aromatic rings. The number of hydrogen-bond acceptors (Lipinski definition) is 3. The predicted molar refractivity (Wildman–Crippen MR) is 120 cm³/mol. The first-order valence-corrected chi connectivity index (χ1v) is 10.5. The van der Waals surface area contributed by atoms with Gasteiger partial charge in [0.05, 0.1) is 11.8 Å². The second-order valence-electron chi connectivity index (χ2n) is 8.38. The number of nitrogens with one attached hydrogen (secondary N) is 1. The topological polar surface area (TPSA) is 44.7 Å². The highest BCUT2D eigenvalue weighted by Gasteiger charge is 2.37. The Kier molecular flexibility index (Phi) is 5.94. The van der Waals surface area contributed by atoms with Crippen molar-refractivity contribution in [2.45, 2.75) is 58.5 Å². The zero-order chi connectivity index (χ0) is 20.5. The second kappa shape index (κ2) is 8.08. The minimum atomic E-state index is -0.234. The van der Waals surface area contributed by atoms with E-state index in [1.165, 1.54) is 11.3 Å². The molecular formula is C23H28BrN3O. The standard InChI is InChI=1S/C23H28BrN3O/c1-15(2)27-21-11-10-17(12-19(21)16(3)13-23(27,4)5)14-25-26-22(28)18-8-6-7-9-20(18)24/h6-12,14-16H,13H2,1-5H3,(H,26,28)/b25-14-/t16-/m0/s1. The summed E-state index contributed by atoms with van der Waals surface area (Å²) >= 11 is 3.39. The summed E-state index contributed by atoms with van der Waals surface area (Å²) in [7, 11) is 0. The van der Waals surface area contributed by atoms with Gasteiger partial charge in [0.2, 0.25) is 0 Å². The quantitative estimate of drug-likeness (QED) is 0.487. The average molecular weight is 442 g/mol. The van der Waals surface area contributed by atoms with Crippen LogP contribution >= 0.6 is 15.9 Å². The average Bonchev–Trinajstić information content (AvgIpc) is 2.61. The maximum Gasteiger partial charge on any atom is 0.272 e. The molecule has 1 amide bonds. The van der Waals surface area contributed by atoms with Crippen LogP contribution in [0.15, 0.2) is 52.0 Å². The Balaban J connectivity index is 1.80. The van der Waals surface area contributed by atoms with Gasteiger partial charge in [0.1, 0.15) is 0 Å². The monoisotopic (exact) mass is 441 g/mol. The highest BCUT2D eigenvalue weighted by molar-refractivity contribution is 9.10. The molecule has 2 aromatic carbocycles. The maximum atomic E-state index is 12.3. The van der Waals surface area contributed by atoms with Crippen molar-refractivity contribution < 1.29 is 4.79 Å². The minimum Gasteiger partial charge on any atom is -0.364 e. The van der Waals surface area contributed by atoms with E-state index >= 15 is 0 Å². The number of benzene rings is 2. The maximum absolute atomic E-state index is 12.3. The van der Waals surface area contributed by atoms with Gasteiger partial charge in [-0.15, -0.1) is 0 Å². The molecule has 0 radical (unpaired) electrons. The largest absolute Gasteiger partial charge is 0.364 e. The van der Waals surface area contributed by atoms with Crippen LogP contribution in [0.4, 0.5) is 5.69 Å². The minimum absolute atomic E-state index is 0.132. The van der Waals surface area contributed by atoms with Crippen LogP contribution in [-0.2, 0) is 0 Å². The summed E-state index contributed by atoms with van der Waals surface area (Å²) in [5.74, 6) is 0.242. The Morgan fingerprint density at radius 2 is 2.00 bits per heavy atom. The van der Waals surface area contributed by atoms with Crippen LogP contribution in [0, 0.1) is 0 Å². The van der Waals surface area contributed by atoms with E-state index in [-0.39, 0.29) is 11.4 Å². The Labute approximate surface area is 176 Å². The van der Waals surface area contributed by atoms with Crippen molar-refractivity contribution in [3.05, 3.63) is 63.6 Å². The van der Waals surface area contributed by atoms with E-state index < -0.39 is 0 Å². The van der Waals surface area contributed by atoms with Crippen LogP contribution in [0.25, 0.3) is 0 Å². The fraction of sp³-hybridized carbons (Fsp3) is 0.391. The van der Waals surface area contributed by atoms with E-state index in [0.29, 0.717) is 17.5 Å². The summed E-state index contributed by atoms with van der Waals surface area (Å²) in [5, 5.41) is 4.16. The van der Waals surface area contributed by atoms with Gasteiger partial charge < -0.3 is 4.90 Å². The van der Waals surface area contributed by atoms with Gasteiger partial charge in [-0.1, -0.05) is 25.1 Å². The lowest BCUT2D eigenvalue weighted by molar-refractivity contribution is 0.0954. The van der Waals surface area contributed by atoms with Gasteiger partial charge in [0.25, 0.3) is 5.91 Å². The number of hydrazone groups is 1. The van der Waals surface area contributed by atoms with E-state index in [4.69, 9.17) is 0 Å². The zero-order valence-corrected chi connectivity index (χ0v) is 18.7. The molecule has 5 heteroatoms. The third-order valence-electron chi connectivity index (χ3n) is 5.31. The van der Waals surface area contributed by atoms with Crippen molar-refractivity contribution >= 4 is 33.7 Å². The number of rotatable bonds is 4. The van der Waals surface area contributed by atoms with Crippen molar-refractivity contribution in [3.63, 3.8) is 0 Å². The molecule has 0 bridgehead atoms. The lowest BCUT2D eigenvalue weighted by Gasteiger charge is -2.50. The normalized spacial score (nSPS) is 18.4. The first kappa shape index (κ1) is 20.6. The molecule has 1 aliphatic heterocycles. The van der Waals surface area contributed by atoms with E-state index in [9.17, 15) is 4.79 Å². The summed E-state index contributed by atoms with van der Waals surface area (Å²) in [6, 6.07) is 14.2. The van der Waals surface area contributed by atoms with E-state index in [2.05, 4.69) is 84.2 Å². The van der Waals surface area contributed by atoms with Gasteiger partial charge in [-0.2, -0.15) is 5.10 Å². The predicted octanol–water partition coefficient (Wildman–Crippen LogP) is 5.71. The third-order valence-corrected chi connectivity index (χ3v) is 6.01. The lowest BCUT2D eigenvalue weighted by atomic mass is 9.79. The first-order valence-electron chi connectivity index (χ1n) is 9.72. The van der Waals surface area contributed by atoms with E-state index in [0.717, 1.165) is 16.5 Å². The van der Waals surface area contributed by atoms with Crippen molar-refractivity contribution in [1.82, 2.24) is 5.43 Å². The lowest BCUT2D eigenvalue weighted by Crippen LogP contribution is -2.51. The van der Waals surface area contributed by atoms with Gasteiger partial charge in [0.15, 0.2) is 0 Å². The molecule has 0 aromatic heterocycles. The van der Waals surface area contributed by atoms with Crippen LogP contribution < -0.4 is 10.3 Å². The molecule has 1 N–H and O–H groups in total. The number of fused-ring (bicyclic) bond motifs is 1. The van der Waals surface area contributed by atoms with Gasteiger partial charge in [0, 0.05) is 21.7 Å². The molecule has 28 heavy (non-hydrogen) atoms. The number of carbonyl (C=O) groups excluding carboxylic acids is 1. The number of halogens is 1. The van der Waals surface area contributed by atoms with Crippen molar-refractivity contribution in [2.24, 2.45) is 5.10 Å². The summed E-state index contributed by atoms with van der Waals surface area (Å²) in [6.45, 7) is 11.4. The van der Waals surface area contributed by atoms with Crippen LogP contribution in [0.5, 0.6) is 0 Å². The Morgan fingerprint density at radius 3 is 2.68 bits per heavy atom. The van der Waals surface area contributed by atoms with Crippen molar-refractivity contribution in [1.29, 1.82) is 0 Å².